The normalized spacial score (nSPS) is 21.8. The van der Waals surface area contributed by atoms with Gasteiger partial charge in [-0.05, 0) is 26.2 Å². The van der Waals surface area contributed by atoms with Crippen molar-refractivity contribution in [3.63, 3.8) is 0 Å². The fourth-order valence-corrected chi connectivity index (χ4v) is 2.13. The second kappa shape index (κ2) is 7.51. The fraction of sp³-hybridized carbons (Fsp3) is 0.824. The number of β-lactam (4-membered cyclic amide) rings is 2. The summed E-state index contributed by atoms with van der Waals surface area (Å²) in [6.45, 7) is 13.3. The first-order valence-electron chi connectivity index (χ1n) is 8.30. The lowest BCUT2D eigenvalue weighted by atomic mass is 9.78. The van der Waals surface area contributed by atoms with E-state index in [0.29, 0.717) is 6.54 Å². The van der Waals surface area contributed by atoms with Crippen molar-refractivity contribution in [2.24, 2.45) is 11.3 Å². The van der Waals surface area contributed by atoms with Crippen molar-refractivity contribution in [2.45, 2.75) is 59.7 Å². The molecular weight excluding hydrogens is 312 g/mol. The molecule has 0 spiro atoms. The molecule has 7 heteroatoms. The van der Waals surface area contributed by atoms with E-state index >= 15 is 0 Å². The van der Waals surface area contributed by atoms with Crippen LogP contribution in [0.15, 0.2) is 0 Å². The van der Waals surface area contributed by atoms with Crippen LogP contribution in [0.25, 0.3) is 0 Å². The van der Waals surface area contributed by atoms with Gasteiger partial charge < -0.3 is 20.1 Å². The highest BCUT2D eigenvalue weighted by Gasteiger charge is 2.45. The van der Waals surface area contributed by atoms with Gasteiger partial charge in [-0.15, -0.1) is 0 Å². The summed E-state index contributed by atoms with van der Waals surface area (Å²) < 4.78 is 6.03. The van der Waals surface area contributed by atoms with Crippen LogP contribution in [0.1, 0.15) is 48.0 Å². The first-order chi connectivity index (χ1) is 10.8. The Morgan fingerprint density at radius 2 is 1.83 bits per heavy atom. The third-order valence-corrected chi connectivity index (χ3v) is 4.90. The number of amides is 2. The Morgan fingerprint density at radius 1 is 1.33 bits per heavy atom. The van der Waals surface area contributed by atoms with Crippen molar-refractivity contribution in [1.29, 1.82) is 0 Å². The van der Waals surface area contributed by atoms with E-state index in [2.05, 4.69) is 26.1 Å². The SMILES string of the molecule is CC(OC(C)(C)C(C)(C)C)C1CN(CC(=O)O)C1=O.O=C1CCN1. The molecule has 2 aliphatic heterocycles. The lowest BCUT2D eigenvalue weighted by Crippen LogP contribution is -2.59. The van der Waals surface area contributed by atoms with Crippen LogP contribution in [0.3, 0.4) is 0 Å². The predicted molar refractivity (Wildman–Crippen MR) is 89.4 cm³/mol. The number of nitrogens with one attached hydrogen (secondary N) is 1. The number of rotatable bonds is 5. The average molecular weight is 342 g/mol. The number of carboxylic acid groups (broad SMARTS) is 1. The molecule has 2 rings (SSSR count). The third kappa shape index (κ3) is 5.19. The van der Waals surface area contributed by atoms with Crippen LogP contribution >= 0.6 is 0 Å². The minimum Gasteiger partial charge on any atom is -0.480 e. The van der Waals surface area contributed by atoms with E-state index in [1.165, 1.54) is 4.90 Å². The maximum Gasteiger partial charge on any atom is 0.323 e. The number of carboxylic acids is 1. The first kappa shape index (κ1) is 20.4. The number of nitrogens with zero attached hydrogens (tertiary/aromatic N) is 1. The van der Waals surface area contributed by atoms with E-state index < -0.39 is 5.97 Å². The minimum atomic E-state index is -0.976. The number of hydrogen-bond acceptors (Lipinski definition) is 4. The number of hydrogen-bond donors (Lipinski definition) is 2. The van der Waals surface area contributed by atoms with E-state index in [0.717, 1.165) is 13.0 Å². The van der Waals surface area contributed by atoms with Gasteiger partial charge in [0.05, 0.1) is 17.6 Å². The maximum absolute atomic E-state index is 11.9. The van der Waals surface area contributed by atoms with E-state index in [-0.39, 0.29) is 41.4 Å². The van der Waals surface area contributed by atoms with Crippen molar-refractivity contribution >= 4 is 17.8 Å². The molecule has 24 heavy (non-hydrogen) atoms. The van der Waals surface area contributed by atoms with Crippen molar-refractivity contribution in [3.8, 4) is 0 Å². The number of ether oxygens (including phenoxy) is 1. The highest BCUT2D eigenvalue weighted by molar-refractivity contribution is 5.88. The number of carbonyl (C=O) groups excluding carboxylic acids is 2. The molecule has 0 aromatic heterocycles. The standard InChI is InChI=1S/C14H25NO4.C3H5NO/c1-9(19-14(5,6)13(2,3)4)10-7-15(12(10)18)8-11(16)17;5-3-1-2-4-3/h9-10H,7-8H2,1-6H3,(H,16,17);1-2H2,(H,4,5). The zero-order valence-corrected chi connectivity index (χ0v) is 15.5. The molecule has 138 valence electrons. The Balaban J connectivity index is 0.000000488. The highest BCUT2D eigenvalue weighted by Crippen LogP contribution is 2.36. The van der Waals surface area contributed by atoms with Crippen LogP contribution in [-0.4, -0.2) is 59.1 Å². The lowest BCUT2D eigenvalue weighted by molar-refractivity contribution is -0.180. The lowest BCUT2D eigenvalue weighted by Gasteiger charge is -2.46. The number of carbonyl (C=O) groups is 3. The molecule has 2 N–H and O–H groups in total. The van der Waals surface area contributed by atoms with Crippen LogP contribution in [-0.2, 0) is 19.1 Å². The van der Waals surface area contributed by atoms with Gasteiger partial charge in [0.1, 0.15) is 6.54 Å². The molecule has 2 unspecified atom stereocenters. The monoisotopic (exact) mass is 342 g/mol. The molecular formula is C17H30N2O5. The van der Waals surface area contributed by atoms with Crippen molar-refractivity contribution in [2.75, 3.05) is 19.6 Å². The summed E-state index contributed by atoms with van der Waals surface area (Å²) in [6.07, 6.45) is 0.534. The zero-order chi connectivity index (χ0) is 18.7. The van der Waals surface area contributed by atoms with Crippen molar-refractivity contribution in [3.05, 3.63) is 0 Å². The topological polar surface area (TPSA) is 95.9 Å². The molecule has 0 radical (unpaired) electrons. The Kier molecular flexibility index (Phi) is 6.38. The molecule has 7 nitrogen and oxygen atoms in total. The molecule has 2 heterocycles. The Hall–Kier alpha value is -1.63. The number of aliphatic carboxylic acids is 1. The summed E-state index contributed by atoms with van der Waals surface area (Å²) in [5, 5.41) is 11.2. The molecule has 2 amide bonds. The highest BCUT2D eigenvalue weighted by atomic mass is 16.5. The second-order valence-corrected chi connectivity index (χ2v) is 7.90. The number of likely N-dealkylation sites (tertiary alicyclic amines) is 1. The van der Waals surface area contributed by atoms with Crippen LogP contribution in [0.4, 0.5) is 0 Å². The summed E-state index contributed by atoms with van der Waals surface area (Å²) >= 11 is 0. The molecule has 2 fully saturated rings. The molecule has 0 bridgehead atoms. The van der Waals surface area contributed by atoms with Gasteiger partial charge >= 0.3 is 5.97 Å². The third-order valence-electron chi connectivity index (χ3n) is 4.90. The van der Waals surface area contributed by atoms with Crippen LogP contribution in [0, 0.1) is 11.3 Å². The molecule has 0 saturated carbocycles. The van der Waals surface area contributed by atoms with Gasteiger partial charge in [-0.2, -0.15) is 0 Å². The van der Waals surface area contributed by atoms with Gasteiger partial charge in [-0.25, -0.2) is 0 Å². The Morgan fingerprint density at radius 3 is 2.12 bits per heavy atom. The molecule has 2 atom stereocenters. The summed E-state index contributed by atoms with van der Waals surface area (Å²) in [6, 6.07) is 0. The quantitative estimate of drug-likeness (QED) is 0.734. The molecule has 2 saturated heterocycles. The summed E-state index contributed by atoms with van der Waals surface area (Å²) in [4.78, 5) is 33.5. The van der Waals surface area contributed by atoms with Gasteiger partial charge in [-0.1, -0.05) is 20.8 Å². The van der Waals surface area contributed by atoms with Gasteiger partial charge in [-0.3, -0.25) is 14.4 Å². The minimum absolute atomic E-state index is 0.0329. The van der Waals surface area contributed by atoms with Crippen LogP contribution in [0.5, 0.6) is 0 Å². The summed E-state index contributed by atoms with van der Waals surface area (Å²) in [7, 11) is 0. The van der Waals surface area contributed by atoms with Crippen molar-refractivity contribution in [1.82, 2.24) is 10.2 Å². The first-order valence-corrected chi connectivity index (χ1v) is 8.30. The Bertz CT molecular complexity index is 490. The largest absolute Gasteiger partial charge is 0.480 e. The van der Waals surface area contributed by atoms with Gasteiger partial charge in [0.2, 0.25) is 11.8 Å². The predicted octanol–water partition coefficient (Wildman–Crippen LogP) is 1.27. The zero-order valence-electron chi connectivity index (χ0n) is 15.5. The Labute approximate surface area is 143 Å². The smallest absolute Gasteiger partial charge is 0.323 e. The average Bonchev–Trinajstić information content (AvgIpc) is 2.38. The molecule has 2 aliphatic rings. The fourth-order valence-electron chi connectivity index (χ4n) is 2.13. The van der Waals surface area contributed by atoms with Crippen LogP contribution < -0.4 is 5.32 Å². The van der Waals surface area contributed by atoms with Gasteiger partial charge in [0.15, 0.2) is 0 Å². The van der Waals surface area contributed by atoms with Gasteiger partial charge in [0.25, 0.3) is 0 Å². The summed E-state index contributed by atoms with van der Waals surface area (Å²) in [5.41, 5.74) is -0.380. The summed E-state index contributed by atoms with van der Waals surface area (Å²) in [5.74, 6) is -1.14. The second-order valence-electron chi connectivity index (χ2n) is 7.90. The molecule has 0 aromatic carbocycles. The van der Waals surface area contributed by atoms with Gasteiger partial charge in [0, 0.05) is 19.5 Å². The molecule has 0 aromatic rings. The van der Waals surface area contributed by atoms with Crippen molar-refractivity contribution < 1.29 is 24.2 Å². The van der Waals surface area contributed by atoms with Crippen LogP contribution in [0.2, 0.25) is 0 Å². The van der Waals surface area contributed by atoms with E-state index in [4.69, 9.17) is 9.84 Å². The van der Waals surface area contributed by atoms with E-state index in [9.17, 15) is 14.4 Å². The maximum atomic E-state index is 11.9. The van der Waals surface area contributed by atoms with E-state index in [1.807, 2.05) is 20.8 Å². The van der Waals surface area contributed by atoms with E-state index in [1.54, 1.807) is 0 Å². The molecule has 0 aliphatic carbocycles.